The van der Waals surface area contributed by atoms with Gasteiger partial charge in [-0.05, 0) is 32.6 Å². The second-order valence-electron chi connectivity index (χ2n) is 6.60. The van der Waals surface area contributed by atoms with Gasteiger partial charge in [0.05, 0.1) is 0 Å². The minimum atomic E-state index is 0.305. The summed E-state index contributed by atoms with van der Waals surface area (Å²) in [5, 5.41) is 4.68. The lowest BCUT2D eigenvalue weighted by atomic mass is 9.89. The molecule has 2 N–H and O–H groups in total. The quantitative estimate of drug-likeness (QED) is 0.866. The Morgan fingerprint density at radius 3 is 2.55 bits per heavy atom. The van der Waals surface area contributed by atoms with Crippen LogP contribution in [0, 0.1) is 0 Å². The highest BCUT2D eigenvalue weighted by Gasteiger charge is 2.22. The van der Waals surface area contributed by atoms with Crippen LogP contribution in [0.4, 0.5) is 0 Å². The molecule has 0 aliphatic heterocycles. The van der Waals surface area contributed by atoms with Gasteiger partial charge in [0, 0.05) is 24.9 Å². The van der Waals surface area contributed by atoms with E-state index in [0.29, 0.717) is 17.9 Å². The van der Waals surface area contributed by atoms with Crippen LogP contribution in [-0.4, -0.2) is 20.8 Å². The molecule has 0 radical (unpaired) electrons. The first kappa shape index (κ1) is 15.5. The van der Waals surface area contributed by atoms with E-state index in [0.717, 1.165) is 24.5 Å². The van der Waals surface area contributed by atoms with E-state index >= 15 is 0 Å². The Labute approximate surface area is 123 Å². The number of aryl methyl sites for hydroxylation is 1. The van der Waals surface area contributed by atoms with E-state index in [1.165, 1.54) is 38.5 Å². The highest BCUT2D eigenvalue weighted by molar-refractivity contribution is 5.03. The maximum Gasteiger partial charge on any atom is 0.154 e. The van der Waals surface area contributed by atoms with E-state index in [4.69, 9.17) is 10.7 Å². The molecule has 2 unspecified atom stereocenters. The van der Waals surface area contributed by atoms with Crippen LogP contribution in [0.2, 0.25) is 0 Å². The topological polar surface area (TPSA) is 56.7 Å². The average molecular weight is 278 g/mol. The standard InChI is InChI=1S/C16H30N4/c1-12(8-7-9-13(2)17)16-18-15(19-20(16)3)14-10-5-4-6-11-14/h12-14H,4-11,17H2,1-3H3. The molecule has 4 nitrogen and oxygen atoms in total. The summed E-state index contributed by atoms with van der Waals surface area (Å²) in [6.45, 7) is 4.34. The third-order valence-corrected chi connectivity index (χ3v) is 4.52. The van der Waals surface area contributed by atoms with Gasteiger partial charge in [-0.25, -0.2) is 4.98 Å². The minimum absolute atomic E-state index is 0.305. The number of hydrogen-bond donors (Lipinski definition) is 1. The molecule has 1 aliphatic rings. The van der Waals surface area contributed by atoms with Crippen molar-refractivity contribution in [1.29, 1.82) is 0 Å². The summed E-state index contributed by atoms with van der Waals surface area (Å²) >= 11 is 0. The van der Waals surface area contributed by atoms with Crippen molar-refractivity contribution in [3.8, 4) is 0 Å². The monoisotopic (exact) mass is 278 g/mol. The first-order valence-electron chi connectivity index (χ1n) is 8.24. The molecule has 114 valence electrons. The van der Waals surface area contributed by atoms with Gasteiger partial charge < -0.3 is 5.73 Å². The summed E-state index contributed by atoms with van der Waals surface area (Å²) in [4.78, 5) is 4.85. The molecule has 1 fully saturated rings. The fourth-order valence-corrected chi connectivity index (χ4v) is 3.25. The summed E-state index contributed by atoms with van der Waals surface area (Å²) in [6.07, 6.45) is 10.00. The predicted molar refractivity (Wildman–Crippen MR) is 82.7 cm³/mol. The highest BCUT2D eigenvalue weighted by atomic mass is 15.3. The second kappa shape index (κ2) is 7.21. The van der Waals surface area contributed by atoms with Gasteiger partial charge in [0.15, 0.2) is 5.82 Å². The predicted octanol–water partition coefficient (Wildman–Crippen LogP) is 3.48. The van der Waals surface area contributed by atoms with Crippen molar-refractivity contribution in [2.75, 3.05) is 0 Å². The molecule has 4 heteroatoms. The molecule has 20 heavy (non-hydrogen) atoms. The zero-order chi connectivity index (χ0) is 14.5. The van der Waals surface area contributed by atoms with Crippen LogP contribution in [-0.2, 0) is 7.05 Å². The maximum absolute atomic E-state index is 5.82. The second-order valence-corrected chi connectivity index (χ2v) is 6.60. The van der Waals surface area contributed by atoms with Gasteiger partial charge in [-0.2, -0.15) is 5.10 Å². The Balaban J connectivity index is 1.95. The summed E-state index contributed by atoms with van der Waals surface area (Å²) in [7, 11) is 2.04. The normalized spacial score (nSPS) is 20.0. The molecule has 2 atom stereocenters. The van der Waals surface area contributed by atoms with E-state index in [2.05, 4.69) is 18.9 Å². The molecule has 2 rings (SSSR count). The Kier molecular flexibility index (Phi) is 5.58. The molecule has 0 amide bonds. The van der Waals surface area contributed by atoms with Gasteiger partial charge in [-0.3, -0.25) is 4.68 Å². The van der Waals surface area contributed by atoms with Crippen molar-refractivity contribution in [2.45, 2.75) is 83.1 Å². The van der Waals surface area contributed by atoms with E-state index in [9.17, 15) is 0 Å². The fraction of sp³-hybridized carbons (Fsp3) is 0.875. The lowest BCUT2D eigenvalue weighted by Crippen LogP contribution is -2.14. The molecule has 1 heterocycles. The molecule has 0 spiro atoms. The van der Waals surface area contributed by atoms with Gasteiger partial charge in [-0.15, -0.1) is 0 Å². The molecule has 1 aromatic rings. The molecule has 0 aromatic carbocycles. The van der Waals surface area contributed by atoms with Crippen molar-refractivity contribution in [3.63, 3.8) is 0 Å². The van der Waals surface area contributed by atoms with Crippen molar-refractivity contribution in [2.24, 2.45) is 12.8 Å². The van der Waals surface area contributed by atoms with Crippen molar-refractivity contribution in [3.05, 3.63) is 11.6 Å². The molecule has 1 aliphatic carbocycles. The Hall–Kier alpha value is -0.900. The number of aromatic nitrogens is 3. The maximum atomic E-state index is 5.82. The SMILES string of the molecule is CC(N)CCCC(C)c1nc(C2CCCCC2)nn1C. The highest BCUT2D eigenvalue weighted by Crippen LogP contribution is 2.31. The molecule has 1 aromatic heterocycles. The van der Waals surface area contributed by atoms with Crippen LogP contribution < -0.4 is 5.73 Å². The number of rotatable bonds is 6. The zero-order valence-corrected chi connectivity index (χ0v) is 13.3. The van der Waals surface area contributed by atoms with E-state index < -0.39 is 0 Å². The van der Waals surface area contributed by atoms with Crippen LogP contribution in [0.25, 0.3) is 0 Å². The average Bonchev–Trinajstić information content (AvgIpc) is 2.81. The van der Waals surface area contributed by atoms with Crippen LogP contribution >= 0.6 is 0 Å². The van der Waals surface area contributed by atoms with Gasteiger partial charge in [0.2, 0.25) is 0 Å². The van der Waals surface area contributed by atoms with E-state index in [-0.39, 0.29) is 0 Å². The summed E-state index contributed by atoms with van der Waals surface area (Å²) in [5.74, 6) is 3.31. The number of nitrogens with zero attached hydrogens (tertiary/aromatic N) is 3. The fourth-order valence-electron chi connectivity index (χ4n) is 3.25. The molecule has 1 saturated carbocycles. The third kappa shape index (κ3) is 4.05. The third-order valence-electron chi connectivity index (χ3n) is 4.52. The Morgan fingerprint density at radius 1 is 1.20 bits per heavy atom. The van der Waals surface area contributed by atoms with Gasteiger partial charge in [0.1, 0.15) is 5.82 Å². The lowest BCUT2D eigenvalue weighted by Gasteiger charge is -2.18. The lowest BCUT2D eigenvalue weighted by molar-refractivity contribution is 0.427. The van der Waals surface area contributed by atoms with Crippen LogP contribution in [0.15, 0.2) is 0 Å². The van der Waals surface area contributed by atoms with Crippen molar-refractivity contribution in [1.82, 2.24) is 14.8 Å². The van der Waals surface area contributed by atoms with Crippen molar-refractivity contribution < 1.29 is 0 Å². The number of hydrogen-bond acceptors (Lipinski definition) is 3. The zero-order valence-electron chi connectivity index (χ0n) is 13.3. The first-order chi connectivity index (χ1) is 9.58. The van der Waals surface area contributed by atoms with Crippen LogP contribution in [0.1, 0.15) is 88.7 Å². The molecule has 0 bridgehead atoms. The molecular weight excluding hydrogens is 248 g/mol. The molecule has 0 saturated heterocycles. The smallest absolute Gasteiger partial charge is 0.154 e. The minimum Gasteiger partial charge on any atom is -0.328 e. The summed E-state index contributed by atoms with van der Waals surface area (Å²) < 4.78 is 2.00. The van der Waals surface area contributed by atoms with Gasteiger partial charge in [-0.1, -0.05) is 32.6 Å². The van der Waals surface area contributed by atoms with Crippen LogP contribution in [0.3, 0.4) is 0 Å². The largest absolute Gasteiger partial charge is 0.328 e. The van der Waals surface area contributed by atoms with Gasteiger partial charge in [0.25, 0.3) is 0 Å². The van der Waals surface area contributed by atoms with Crippen LogP contribution in [0.5, 0.6) is 0 Å². The number of nitrogens with two attached hydrogens (primary N) is 1. The molecular formula is C16H30N4. The first-order valence-corrected chi connectivity index (χ1v) is 8.24. The van der Waals surface area contributed by atoms with Crippen molar-refractivity contribution >= 4 is 0 Å². The summed E-state index contributed by atoms with van der Waals surface area (Å²) in [5.41, 5.74) is 5.82. The van der Waals surface area contributed by atoms with E-state index in [1.807, 2.05) is 11.7 Å². The Morgan fingerprint density at radius 2 is 1.90 bits per heavy atom. The Bertz CT molecular complexity index is 405. The van der Waals surface area contributed by atoms with Gasteiger partial charge >= 0.3 is 0 Å². The van der Waals surface area contributed by atoms with E-state index in [1.54, 1.807) is 0 Å². The summed E-state index contributed by atoms with van der Waals surface area (Å²) in [6, 6.07) is 0.305.